The van der Waals surface area contributed by atoms with Crippen molar-refractivity contribution in [1.29, 1.82) is 5.26 Å². The van der Waals surface area contributed by atoms with Crippen LogP contribution in [0.1, 0.15) is 26.5 Å². The van der Waals surface area contributed by atoms with Crippen LogP contribution in [0.3, 0.4) is 0 Å². The number of aromatic nitrogens is 1. The molecule has 1 aromatic rings. The Balaban J connectivity index is 3.23. The fourth-order valence-electron chi connectivity index (χ4n) is 1.34. The molecule has 0 aliphatic heterocycles. The Hall–Kier alpha value is -2.09. The van der Waals surface area contributed by atoms with Crippen molar-refractivity contribution in [3.05, 3.63) is 23.9 Å². The second-order valence-electron chi connectivity index (χ2n) is 4.28. The first-order chi connectivity index (χ1) is 7.36. The normalized spacial score (nSPS) is 10.6. The predicted octanol–water partition coefficient (Wildman–Crippen LogP) is 2.24. The summed E-state index contributed by atoms with van der Waals surface area (Å²) in [5.74, 6) is 0.263. The second-order valence-corrected chi connectivity index (χ2v) is 4.28. The van der Waals surface area contributed by atoms with Gasteiger partial charge in [0, 0.05) is 5.54 Å². The topological polar surface area (TPSA) is 77.2 Å². The van der Waals surface area contributed by atoms with Crippen LogP contribution in [-0.2, 0) is 0 Å². The molecule has 1 heterocycles. The van der Waals surface area contributed by atoms with E-state index < -0.39 is 11.6 Å². The summed E-state index contributed by atoms with van der Waals surface area (Å²) in [6.07, 6.45) is -1.09. The van der Waals surface area contributed by atoms with Gasteiger partial charge < -0.3 is 5.11 Å². The lowest BCUT2D eigenvalue weighted by Gasteiger charge is -2.32. The average Bonchev–Trinajstić information content (AvgIpc) is 2.15. The van der Waals surface area contributed by atoms with E-state index in [-0.39, 0.29) is 11.5 Å². The predicted molar refractivity (Wildman–Crippen MR) is 59.2 cm³/mol. The maximum Gasteiger partial charge on any atom is 0.413 e. The molecule has 0 saturated heterocycles. The van der Waals surface area contributed by atoms with Crippen LogP contribution in [-0.4, -0.2) is 21.7 Å². The van der Waals surface area contributed by atoms with Crippen LogP contribution in [0.25, 0.3) is 0 Å². The molecule has 0 atom stereocenters. The Morgan fingerprint density at radius 3 is 2.56 bits per heavy atom. The standard InChI is InChI=1S/C11H13N3O2/c1-11(2,3)14(10(15)16)9-6-4-5-8(7-12)13-9/h4-6H,1-3H3,(H,15,16). The Bertz CT molecular complexity index is 443. The zero-order valence-electron chi connectivity index (χ0n) is 9.43. The molecule has 0 unspecified atom stereocenters. The maximum atomic E-state index is 11.1. The number of hydrogen-bond acceptors (Lipinski definition) is 3. The lowest BCUT2D eigenvalue weighted by molar-refractivity contribution is 0.195. The minimum absolute atomic E-state index is 0.202. The Morgan fingerprint density at radius 1 is 1.50 bits per heavy atom. The van der Waals surface area contributed by atoms with Crippen LogP contribution in [0.5, 0.6) is 0 Å². The summed E-state index contributed by atoms with van der Waals surface area (Å²) in [5, 5.41) is 17.8. The number of amides is 1. The van der Waals surface area contributed by atoms with Gasteiger partial charge in [-0.15, -0.1) is 0 Å². The fourth-order valence-corrected chi connectivity index (χ4v) is 1.34. The molecule has 0 radical (unpaired) electrons. The van der Waals surface area contributed by atoms with E-state index in [1.165, 1.54) is 6.07 Å². The van der Waals surface area contributed by atoms with E-state index in [1.54, 1.807) is 32.9 Å². The van der Waals surface area contributed by atoms with Gasteiger partial charge in [-0.3, -0.25) is 4.90 Å². The van der Waals surface area contributed by atoms with Crippen molar-refractivity contribution < 1.29 is 9.90 Å². The van der Waals surface area contributed by atoms with Gasteiger partial charge in [0.1, 0.15) is 17.6 Å². The van der Waals surface area contributed by atoms with Gasteiger partial charge in [-0.1, -0.05) is 6.07 Å². The number of nitrogens with zero attached hydrogens (tertiary/aromatic N) is 3. The molecule has 5 nitrogen and oxygen atoms in total. The minimum Gasteiger partial charge on any atom is -0.465 e. The van der Waals surface area contributed by atoms with Crippen molar-refractivity contribution in [2.45, 2.75) is 26.3 Å². The van der Waals surface area contributed by atoms with E-state index in [1.807, 2.05) is 6.07 Å². The molecule has 0 aliphatic rings. The third-order valence-electron chi connectivity index (χ3n) is 1.94. The second kappa shape index (κ2) is 4.19. The highest BCUT2D eigenvalue weighted by Gasteiger charge is 2.28. The van der Waals surface area contributed by atoms with Crippen molar-refractivity contribution >= 4 is 11.9 Å². The van der Waals surface area contributed by atoms with Gasteiger partial charge in [-0.05, 0) is 32.9 Å². The molecule has 0 spiro atoms. The number of hydrogen-bond donors (Lipinski definition) is 1. The molecule has 0 saturated carbocycles. The number of nitriles is 1. The van der Waals surface area contributed by atoms with Crippen molar-refractivity contribution in [2.24, 2.45) is 0 Å². The van der Waals surface area contributed by atoms with Gasteiger partial charge in [0.2, 0.25) is 0 Å². The number of carboxylic acid groups (broad SMARTS) is 1. The lowest BCUT2D eigenvalue weighted by Crippen LogP contribution is -2.45. The SMILES string of the molecule is CC(C)(C)N(C(=O)O)c1cccc(C#N)n1. The largest absolute Gasteiger partial charge is 0.465 e. The molecule has 0 fully saturated rings. The average molecular weight is 219 g/mol. The number of pyridine rings is 1. The molecule has 0 aromatic carbocycles. The molecular formula is C11H13N3O2. The summed E-state index contributed by atoms with van der Waals surface area (Å²) < 4.78 is 0. The van der Waals surface area contributed by atoms with E-state index in [4.69, 9.17) is 10.4 Å². The summed E-state index contributed by atoms with van der Waals surface area (Å²) in [6, 6.07) is 6.60. The Morgan fingerprint density at radius 2 is 2.12 bits per heavy atom. The van der Waals surface area contributed by atoms with Crippen LogP contribution in [0.15, 0.2) is 18.2 Å². The summed E-state index contributed by atoms with van der Waals surface area (Å²) in [6.45, 7) is 5.30. The van der Waals surface area contributed by atoms with E-state index in [9.17, 15) is 4.79 Å². The highest BCUT2D eigenvalue weighted by atomic mass is 16.4. The van der Waals surface area contributed by atoms with E-state index >= 15 is 0 Å². The molecule has 84 valence electrons. The molecule has 0 aliphatic carbocycles. The first-order valence-corrected chi connectivity index (χ1v) is 4.76. The number of rotatable bonds is 1. The quantitative estimate of drug-likeness (QED) is 0.785. The molecule has 1 aromatic heterocycles. The first-order valence-electron chi connectivity index (χ1n) is 4.76. The van der Waals surface area contributed by atoms with Crippen LogP contribution in [0.2, 0.25) is 0 Å². The van der Waals surface area contributed by atoms with Gasteiger partial charge in [-0.25, -0.2) is 9.78 Å². The monoisotopic (exact) mass is 219 g/mol. The third-order valence-corrected chi connectivity index (χ3v) is 1.94. The Kier molecular flexibility index (Phi) is 3.14. The van der Waals surface area contributed by atoms with E-state index in [2.05, 4.69) is 4.98 Å². The van der Waals surface area contributed by atoms with E-state index in [0.717, 1.165) is 4.90 Å². The van der Waals surface area contributed by atoms with Crippen LogP contribution in [0.4, 0.5) is 10.6 Å². The summed E-state index contributed by atoms with van der Waals surface area (Å²) >= 11 is 0. The highest BCUT2D eigenvalue weighted by molar-refractivity contribution is 5.86. The summed E-state index contributed by atoms with van der Waals surface area (Å²) in [4.78, 5) is 16.2. The van der Waals surface area contributed by atoms with Gasteiger partial charge in [0.15, 0.2) is 0 Å². The zero-order chi connectivity index (χ0) is 12.3. The van der Waals surface area contributed by atoms with Crippen molar-refractivity contribution in [1.82, 2.24) is 4.98 Å². The van der Waals surface area contributed by atoms with E-state index in [0.29, 0.717) is 0 Å². The maximum absolute atomic E-state index is 11.1. The van der Waals surface area contributed by atoms with Crippen LogP contribution < -0.4 is 4.90 Å². The molecular weight excluding hydrogens is 206 g/mol. The lowest BCUT2D eigenvalue weighted by atomic mass is 10.1. The van der Waals surface area contributed by atoms with Gasteiger partial charge in [0.05, 0.1) is 0 Å². The first kappa shape index (κ1) is 12.0. The van der Waals surface area contributed by atoms with Crippen LogP contribution in [0, 0.1) is 11.3 Å². The highest BCUT2D eigenvalue weighted by Crippen LogP contribution is 2.21. The minimum atomic E-state index is -1.09. The molecule has 1 N–H and O–H groups in total. The molecule has 5 heteroatoms. The van der Waals surface area contributed by atoms with Crippen molar-refractivity contribution in [3.8, 4) is 6.07 Å². The zero-order valence-corrected chi connectivity index (χ0v) is 9.43. The van der Waals surface area contributed by atoms with Gasteiger partial charge >= 0.3 is 6.09 Å². The third kappa shape index (κ3) is 2.48. The van der Waals surface area contributed by atoms with Gasteiger partial charge in [0.25, 0.3) is 0 Å². The molecule has 1 rings (SSSR count). The van der Waals surface area contributed by atoms with Crippen molar-refractivity contribution in [3.63, 3.8) is 0 Å². The van der Waals surface area contributed by atoms with Crippen molar-refractivity contribution in [2.75, 3.05) is 4.90 Å². The molecule has 16 heavy (non-hydrogen) atoms. The fraction of sp³-hybridized carbons (Fsp3) is 0.364. The summed E-state index contributed by atoms with van der Waals surface area (Å²) in [5.41, 5.74) is -0.402. The molecule has 1 amide bonds. The molecule has 0 bridgehead atoms. The van der Waals surface area contributed by atoms with Gasteiger partial charge in [-0.2, -0.15) is 5.26 Å². The summed E-state index contributed by atoms with van der Waals surface area (Å²) in [7, 11) is 0. The number of anilines is 1. The smallest absolute Gasteiger partial charge is 0.413 e. The van der Waals surface area contributed by atoms with Crippen LogP contribution >= 0.6 is 0 Å². The Labute approximate surface area is 93.9 Å². The number of carbonyl (C=O) groups is 1.